The fraction of sp³-hybridized carbons (Fsp3) is 0.462. The maximum absolute atomic E-state index is 4.35. The molecule has 2 rings (SSSR count). The van der Waals surface area contributed by atoms with Crippen molar-refractivity contribution in [3.8, 4) is 0 Å². The predicted octanol–water partition coefficient (Wildman–Crippen LogP) is 1.53. The van der Waals surface area contributed by atoms with Gasteiger partial charge < -0.3 is 9.88 Å². The molecule has 18 heavy (non-hydrogen) atoms. The van der Waals surface area contributed by atoms with Crippen molar-refractivity contribution in [2.45, 2.75) is 33.4 Å². The van der Waals surface area contributed by atoms with E-state index < -0.39 is 0 Å². The van der Waals surface area contributed by atoms with Crippen molar-refractivity contribution in [2.75, 3.05) is 6.54 Å². The number of hydrogen-bond acceptors (Lipinski definition) is 4. The van der Waals surface area contributed by atoms with Gasteiger partial charge in [0.15, 0.2) is 0 Å². The molecule has 0 saturated heterocycles. The number of aromatic nitrogens is 4. The van der Waals surface area contributed by atoms with Gasteiger partial charge in [0.1, 0.15) is 0 Å². The first-order chi connectivity index (χ1) is 8.78. The van der Waals surface area contributed by atoms with Gasteiger partial charge in [0.05, 0.1) is 36.2 Å². The zero-order valence-electron chi connectivity index (χ0n) is 10.9. The summed E-state index contributed by atoms with van der Waals surface area (Å²) in [6.07, 6.45) is 8.62. The molecule has 0 aliphatic heterocycles. The molecule has 0 spiro atoms. The minimum atomic E-state index is 0.716. The molecule has 2 aromatic heterocycles. The van der Waals surface area contributed by atoms with E-state index in [9.17, 15) is 0 Å². The molecule has 0 aliphatic rings. The lowest BCUT2D eigenvalue weighted by atomic mass is 10.4. The van der Waals surface area contributed by atoms with E-state index in [2.05, 4.69) is 27.2 Å². The standard InChI is InChI=1S/C13H19N5/c1-3-4-14-6-12-8-18(10-17-12)9-13-7-15-11(2)5-16-13/h5,7-8,10,14H,3-4,6,9H2,1-2H3. The molecule has 5 nitrogen and oxygen atoms in total. The van der Waals surface area contributed by atoms with Gasteiger partial charge in [-0.2, -0.15) is 0 Å². The van der Waals surface area contributed by atoms with Gasteiger partial charge >= 0.3 is 0 Å². The van der Waals surface area contributed by atoms with Crippen molar-refractivity contribution in [3.63, 3.8) is 0 Å². The van der Waals surface area contributed by atoms with E-state index in [-0.39, 0.29) is 0 Å². The summed E-state index contributed by atoms with van der Waals surface area (Å²) in [7, 11) is 0. The average molecular weight is 245 g/mol. The summed E-state index contributed by atoms with van der Waals surface area (Å²) < 4.78 is 2.03. The van der Waals surface area contributed by atoms with Crippen LogP contribution >= 0.6 is 0 Å². The summed E-state index contributed by atoms with van der Waals surface area (Å²) >= 11 is 0. The molecular weight excluding hydrogens is 226 g/mol. The summed E-state index contributed by atoms with van der Waals surface area (Å²) in [6.45, 7) is 6.65. The molecule has 2 aromatic rings. The van der Waals surface area contributed by atoms with E-state index in [1.165, 1.54) is 0 Å². The monoisotopic (exact) mass is 245 g/mol. The van der Waals surface area contributed by atoms with Crippen LogP contribution in [0, 0.1) is 6.92 Å². The van der Waals surface area contributed by atoms with Gasteiger partial charge in [-0.1, -0.05) is 6.92 Å². The Hall–Kier alpha value is -1.75. The lowest BCUT2D eigenvalue weighted by Crippen LogP contribution is -2.13. The van der Waals surface area contributed by atoms with E-state index in [4.69, 9.17) is 0 Å². The fourth-order valence-corrected chi connectivity index (χ4v) is 1.67. The molecule has 0 fully saturated rings. The minimum Gasteiger partial charge on any atom is -0.331 e. The molecule has 0 radical (unpaired) electrons. The van der Waals surface area contributed by atoms with Crippen LogP contribution in [-0.4, -0.2) is 26.1 Å². The quantitative estimate of drug-likeness (QED) is 0.784. The summed E-state index contributed by atoms with van der Waals surface area (Å²) in [5.41, 5.74) is 2.95. The van der Waals surface area contributed by atoms with Crippen LogP contribution in [0.4, 0.5) is 0 Å². The first-order valence-electron chi connectivity index (χ1n) is 6.27. The smallest absolute Gasteiger partial charge is 0.0953 e. The Balaban J connectivity index is 1.91. The van der Waals surface area contributed by atoms with E-state index in [0.29, 0.717) is 6.54 Å². The highest BCUT2D eigenvalue weighted by atomic mass is 15.1. The normalized spacial score (nSPS) is 10.8. The van der Waals surface area contributed by atoms with E-state index in [1.54, 1.807) is 6.20 Å². The first-order valence-corrected chi connectivity index (χ1v) is 6.27. The van der Waals surface area contributed by atoms with Crippen molar-refractivity contribution >= 4 is 0 Å². The molecular formula is C13H19N5. The van der Waals surface area contributed by atoms with Gasteiger partial charge in [-0.3, -0.25) is 9.97 Å². The molecule has 1 N–H and O–H groups in total. The van der Waals surface area contributed by atoms with Crippen LogP contribution in [0.3, 0.4) is 0 Å². The zero-order valence-corrected chi connectivity index (χ0v) is 10.9. The SMILES string of the molecule is CCCNCc1cn(Cc2cnc(C)cn2)cn1. The Morgan fingerprint density at radius 2 is 2.06 bits per heavy atom. The van der Waals surface area contributed by atoms with Crippen LogP contribution in [-0.2, 0) is 13.1 Å². The highest BCUT2D eigenvalue weighted by Gasteiger charge is 2.00. The topological polar surface area (TPSA) is 55.6 Å². The molecule has 0 atom stereocenters. The summed E-state index contributed by atoms with van der Waals surface area (Å²) in [5, 5.41) is 3.33. The third kappa shape index (κ3) is 3.63. The lowest BCUT2D eigenvalue weighted by Gasteiger charge is -2.01. The molecule has 0 bridgehead atoms. The van der Waals surface area contributed by atoms with Gasteiger partial charge in [0.2, 0.25) is 0 Å². The second-order valence-corrected chi connectivity index (χ2v) is 4.36. The zero-order chi connectivity index (χ0) is 12.8. The van der Waals surface area contributed by atoms with Crippen molar-refractivity contribution in [2.24, 2.45) is 0 Å². The fourth-order valence-electron chi connectivity index (χ4n) is 1.67. The number of nitrogens with zero attached hydrogens (tertiary/aromatic N) is 4. The third-order valence-corrected chi connectivity index (χ3v) is 2.60. The Morgan fingerprint density at radius 1 is 1.17 bits per heavy atom. The van der Waals surface area contributed by atoms with Gasteiger partial charge in [-0.05, 0) is 19.9 Å². The molecule has 5 heteroatoms. The van der Waals surface area contributed by atoms with Gasteiger partial charge in [-0.25, -0.2) is 4.98 Å². The number of nitrogens with one attached hydrogen (secondary N) is 1. The van der Waals surface area contributed by atoms with Crippen LogP contribution in [0.15, 0.2) is 24.9 Å². The maximum atomic E-state index is 4.35. The number of imidazole rings is 1. The van der Waals surface area contributed by atoms with Crippen molar-refractivity contribution < 1.29 is 0 Å². The summed E-state index contributed by atoms with van der Waals surface area (Å²) in [4.78, 5) is 12.9. The Bertz CT molecular complexity index is 474. The van der Waals surface area contributed by atoms with Crippen LogP contribution in [0.2, 0.25) is 0 Å². The van der Waals surface area contributed by atoms with Crippen LogP contribution in [0.1, 0.15) is 30.4 Å². The highest BCUT2D eigenvalue weighted by molar-refractivity contribution is 5.03. The molecule has 2 heterocycles. The minimum absolute atomic E-state index is 0.716. The van der Waals surface area contributed by atoms with Crippen molar-refractivity contribution in [3.05, 3.63) is 42.0 Å². The van der Waals surface area contributed by atoms with E-state index in [1.807, 2.05) is 30.2 Å². The molecule has 96 valence electrons. The highest BCUT2D eigenvalue weighted by Crippen LogP contribution is 2.01. The largest absolute Gasteiger partial charge is 0.331 e. The lowest BCUT2D eigenvalue weighted by molar-refractivity contribution is 0.665. The second-order valence-electron chi connectivity index (χ2n) is 4.36. The van der Waals surface area contributed by atoms with Gasteiger partial charge in [0, 0.05) is 18.9 Å². The van der Waals surface area contributed by atoms with Gasteiger partial charge in [0.25, 0.3) is 0 Å². The number of hydrogen-bond donors (Lipinski definition) is 1. The Kier molecular flexibility index (Phi) is 4.41. The number of aryl methyl sites for hydroxylation is 1. The molecule has 0 aliphatic carbocycles. The molecule has 0 saturated carbocycles. The Morgan fingerprint density at radius 3 is 2.78 bits per heavy atom. The summed E-state index contributed by atoms with van der Waals surface area (Å²) in [5.74, 6) is 0. The van der Waals surface area contributed by atoms with Crippen LogP contribution < -0.4 is 5.32 Å². The first kappa shape index (κ1) is 12.7. The molecule has 0 amide bonds. The van der Waals surface area contributed by atoms with E-state index >= 15 is 0 Å². The second kappa shape index (κ2) is 6.26. The molecule has 0 aromatic carbocycles. The van der Waals surface area contributed by atoms with Crippen molar-refractivity contribution in [1.82, 2.24) is 24.8 Å². The maximum Gasteiger partial charge on any atom is 0.0953 e. The van der Waals surface area contributed by atoms with Crippen LogP contribution in [0.25, 0.3) is 0 Å². The average Bonchev–Trinajstić information content (AvgIpc) is 2.80. The molecule has 0 unspecified atom stereocenters. The van der Waals surface area contributed by atoms with Gasteiger partial charge in [-0.15, -0.1) is 0 Å². The van der Waals surface area contributed by atoms with Crippen molar-refractivity contribution in [1.29, 1.82) is 0 Å². The van der Waals surface area contributed by atoms with E-state index in [0.717, 1.165) is 36.6 Å². The number of rotatable bonds is 6. The summed E-state index contributed by atoms with van der Waals surface area (Å²) in [6, 6.07) is 0. The predicted molar refractivity (Wildman–Crippen MR) is 70.1 cm³/mol. The Labute approximate surface area is 107 Å². The third-order valence-electron chi connectivity index (χ3n) is 2.60. The van der Waals surface area contributed by atoms with Crippen LogP contribution in [0.5, 0.6) is 0 Å².